The number of phenolic OH excluding ortho intramolecular Hbond substituents is 1. The Morgan fingerprint density at radius 2 is 2.06 bits per heavy atom. The summed E-state index contributed by atoms with van der Waals surface area (Å²) in [5, 5.41) is 11.1. The van der Waals surface area contributed by atoms with E-state index in [-0.39, 0.29) is 46.7 Å². The second kappa shape index (κ2) is 8.84. The molecular formula is C24H24ClNO6. The van der Waals surface area contributed by atoms with Crippen molar-refractivity contribution in [2.75, 3.05) is 27.3 Å². The third kappa shape index (κ3) is 3.94. The van der Waals surface area contributed by atoms with Crippen LogP contribution in [0.2, 0.25) is 5.02 Å². The van der Waals surface area contributed by atoms with Crippen molar-refractivity contribution in [3.8, 4) is 22.8 Å². The molecule has 2 heterocycles. The number of hydrogen-bond donors (Lipinski definition) is 1. The molecule has 0 amide bonds. The van der Waals surface area contributed by atoms with Crippen LogP contribution in [0.1, 0.15) is 24.8 Å². The minimum absolute atomic E-state index is 0.0809. The summed E-state index contributed by atoms with van der Waals surface area (Å²) in [6, 6.07) is 9.69. The molecule has 1 aliphatic rings. The van der Waals surface area contributed by atoms with Crippen LogP contribution in [0.5, 0.6) is 11.5 Å². The van der Waals surface area contributed by atoms with Gasteiger partial charge in [0.1, 0.15) is 34.8 Å². The standard InChI is InChI=1S/C24H24ClNO6/c1-13(27)31-12-17-15(8-9-26(17)2)22-21(30-3)11-19(29)23-18(28)10-20(32-24(22)23)14-6-4-5-7-16(14)25/h4-7,10-11,15,17,29H,8-9,12H2,1-3H3/t15-,17+/m0/s1. The monoisotopic (exact) mass is 457 g/mol. The molecule has 168 valence electrons. The first-order chi connectivity index (χ1) is 15.3. The molecule has 1 aliphatic heterocycles. The summed E-state index contributed by atoms with van der Waals surface area (Å²) < 4.78 is 17.1. The number of esters is 1. The molecule has 2 aromatic carbocycles. The molecule has 1 N–H and O–H groups in total. The van der Waals surface area contributed by atoms with Crippen LogP contribution < -0.4 is 10.2 Å². The Labute approximate surface area is 190 Å². The zero-order valence-corrected chi connectivity index (χ0v) is 18.8. The SMILES string of the molecule is COc1cc(O)c2c(=O)cc(-c3ccccc3Cl)oc2c1[C@H]1CCN(C)[C@@H]1COC(C)=O. The van der Waals surface area contributed by atoms with Crippen LogP contribution in [-0.2, 0) is 9.53 Å². The van der Waals surface area contributed by atoms with E-state index in [2.05, 4.69) is 4.90 Å². The number of likely N-dealkylation sites (tertiary alicyclic amines) is 1. The zero-order valence-electron chi connectivity index (χ0n) is 18.1. The predicted octanol–water partition coefficient (Wildman–Crippen LogP) is 4.18. The Hall–Kier alpha value is -3.03. The third-order valence-corrected chi connectivity index (χ3v) is 6.32. The molecule has 4 rings (SSSR count). The van der Waals surface area contributed by atoms with E-state index >= 15 is 0 Å². The number of carbonyl (C=O) groups is 1. The number of nitrogens with zero attached hydrogens (tertiary/aromatic N) is 1. The first-order valence-corrected chi connectivity index (χ1v) is 10.7. The first-order valence-electron chi connectivity index (χ1n) is 10.3. The van der Waals surface area contributed by atoms with Gasteiger partial charge in [0.2, 0.25) is 0 Å². The highest BCUT2D eigenvalue weighted by molar-refractivity contribution is 6.33. The van der Waals surface area contributed by atoms with Gasteiger partial charge in [-0.05, 0) is 32.1 Å². The van der Waals surface area contributed by atoms with Crippen LogP contribution in [0.3, 0.4) is 0 Å². The van der Waals surface area contributed by atoms with Crippen LogP contribution in [0.4, 0.5) is 0 Å². The molecule has 0 spiro atoms. The second-order valence-electron chi connectivity index (χ2n) is 7.92. The average molecular weight is 458 g/mol. The molecule has 1 aromatic heterocycles. The van der Waals surface area contributed by atoms with Crippen LogP contribution in [0.25, 0.3) is 22.3 Å². The number of halogens is 1. The summed E-state index contributed by atoms with van der Waals surface area (Å²) >= 11 is 6.34. The molecule has 0 unspecified atom stereocenters. The van der Waals surface area contributed by atoms with Crippen molar-refractivity contribution in [1.29, 1.82) is 0 Å². The number of aromatic hydroxyl groups is 1. The predicted molar refractivity (Wildman–Crippen MR) is 122 cm³/mol. The molecule has 32 heavy (non-hydrogen) atoms. The number of rotatable bonds is 5. The molecule has 3 aromatic rings. The molecule has 1 saturated heterocycles. The smallest absolute Gasteiger partial charge is 0.302 e. The van der Waals surface area contributed by atoms with E-state index < -0.39 is 0 Å². The number of methoxy groups -OCH3 is 1. The Morgan fingerprint density at radius 1 is 1.31 bits per heavy atom. The lowest BCUT2D eigenvalue weighted by Crippen LogP contribution is -2.34. The van der Waals surface area contributed by atoms with Crippen molar-refractivity contribution in [1.82, 2.24) is 4.90 Å². The lowest BCUT2D eigenvalue weighted by molar-refractivity contribution is -0.142. The fourth-order valence-corrected chi connectivity index (χ4v) is 4.65. The van der Waals surface area contributed by atoms with Crippen molar-refractivity contribution < 1.29 is 23.8 Å². The summed E-state index contributed by atoms with van der Waals surface area (Å²) in [7, 11) is 3.45. The van der Waals surface area contributed by atoms with Crippen molar-refractivity contribution >= 4 is 28.5 Å². The van der Waals surface area contributed by atoms with Crippen molar-refractivity contribution in [3.63, 3.8) is 0 Å². The van der Waals surface area contributed by atoms with Crippen molar-refractivity contribution in [3.05, 3.63) is 57.2 Å². The van der Waals surface area contributed by atoms with Crippen LogP contribution in [0.15, 0.2) is 45.6 Å². The van der Waals surface area contributed by atoms with Gasteiger partial charge in [-0.1, -0.05) is 23.7 Å². The van der Waals surface area contributed by atoms with Gasteiger partial charge >= 0.3 is 5.97 Å². The van der Waals surface area contributed by atoms with Gasteiger partial charge in [-0.3, -0.25) is 14.5 Å². The van der Waals surface area contributed by atoms with E-state index in [0.29, 0.717) is 27.7 Å². The van der Waals surface area contributed by atoms with Gasteiger partial charge in [-0.2, -0.15) is 0 Å². The largest absolute Gasteiger partial charge is 0.507 e. The quantitative estimate of drug-likeness (QED) is 0.575. The Balaban J connectivity index is 1.97. The fourth-order valence-electron chi connectivity index (χ4n) is 4.42. The Morgan fingerprint density at radius 3 is 2.75 bits per heavy atom. The molecule has 0 bridgehead atoms. The van der Waals surface area contributed by atoms with E-state index in [1.807, 2.05) is 7.05 Å². The number of phenols is 1. The van der Waals surface area contributed by atoms with Gasteiger partial charge in [-0.25, -0.2) is 0 Å². The van der Waals surface area contributed by atoms with E-state index in [1.54, 1.807) is 24.3 Å². The lowest BCUT2D eigenvalue weighted by atomic mass is 9.89. The number of benzene rings is 2. The van der Waals surface area contributed by atoms with Crippen LogP contribution >= 0.6 is 11.6 Å². The summed E-state index contributed by atoms with van der Waals surface area (Å²) in [5.41, 5.74) is 1.09. The summed E-state index contributed by atoms with van der Waals surface area (Å²) in [6.07, 6.45) is 0.735. The fraction of sp³-hybridized carbons (Fsp3) is 0.333. The zero-order chi connectivity index (χ0) is 23.0. The van der Waals surface area contributed by atoms with Gasteiger partial charge in [0.25, 0.3) is 0 Å². The van der Waals surface area contributed by atoms with Crippen molar-refractivity contribution in [2.45, 2.75) is 25.3 Å². The summed E-state index contributed by atoms with van der Waals surface area (Å²) in [6.45, 7) is 2.32. The maximum atomic E-state index is 13.0. The molecule has 1 fully saturated rings. The van der Waals surface area contributed by atoms with Crippen LogP contribution in [-0.4, -0.2) is 49.3 Å². The van der Waals surface area contributed by atoms with Gasteiger partial charge < -0.3 is 19.0 Å². The number of ether oxygens (including phenoxy) is 2. The number of likely N-dealkylation sites (N-methyl/N-ethyl adjacent to an activating group) is 1. The van der Waals surface area contributed by atoms with E-state index in [1.165, 1.54) is 26.2 Å². The van der Waals surface area contributed by atoms with Gasteiger partial charge in [0, 0.05) is 36.1 Å². The molecule has 0 aliphatic carbocycles. The number of fused-ring (bicyclic) bond motifs is 1. The molecule has 0 saturated carbocycles. The highest BCUT2D eigenvalue weighted by Gasteiger charge is 2.38. The number of hydrogen-bond acceptors (Lipinski definition) is 7. The highest BCUT2D eigenvalue weighted by atomic mass is 35.5. The van der Waals surface area contributed by atoms with Crippen molar-refractivity contribution in [2.24, 2.45) is 0 Å². The average Bonchev–Trinajstić information content (AvgIpc) is 3.11. The second-order valence-corrected chi connectivity index (χ2v) is 8.32. The Bertz CT molecular complexity index is 1240. The van der Waals surface area contributed by atoms with E-state index in [0.717, 1.165) is 13.0 Å². The molecule has 0 radical (unpaired) electrons. The molecule has 8 heteroatoms. The minimum Gasteiger partial charge on any atom is -0.507 e. The first kappa shape index (κ1) is 22.2. The van der Waals surface area contributed by atoms with Gasteiger partial charge in [0.05, 0.1) is 18.2 Å². The lowest BCUT2D eigenvalue weighted by Gasteiger charge is -2.26. The van der Waals surface area contributed by atoms with Gasteiger partial charge in [-0.15, -0.1) is 0 Å². The van der Waals surface area contributed by atoms with E-state index in [9.17, 15) is 14.7 Å². The highest BCUT2D eigenvalue weighted by Crippen LogP contribution is 2.45. The topological polar surface area (TPSA) is 89.2 Å². The van der Waals surface area contributed by atoms with Crippen LogP contribution in [0, 0.1) is 0 Å². The summed E-state index contributed by atoms with van der Waals surface area (Å²) in [4.78, 5) is 26.6. The molecular weight excluding hydrogens is 434 g/mol. The third-order valence-electron chi connectivity index (χ3n) is 5.99. The normalized spacial score (nSPS) is 18.8. The summed E-state index contributed by atoms with van der Waals surface area (Å²) in [5.74, 6) is -0.0309. The molecule has 7 nitrogen and oxygen atoms in total. The minimum atomic E-state index is -0.384. The maximum Gasteiger partial charge on any atom is 0.302 e. The Kier molecular flexibility index (Phi) is 6.13. The van der Waals surface area contributed by atoms with Gasteiger partial charge in [0.15, 0.2) is 5.43 Å². The number of carbonyl (C=O) groups excluding carboxylic acids is 1. The molecule has 2 atom stereocenters. The van der Waals surface area contributed by atoms with E-state index in [4.69, 9.17) is 25.5 Å². The maximum absolute atomic E-state index is 13.0.